The second-order valence-electron chi connectivity index (χ2n) is 7.31. The molecule has 2 amide bonds. The molecule has 1 fully saturated rings. The second kappa shape index (κ2) is 9.01. The van der Waals surface area contributed by atoms with E-state index < -0.39 is 6.04 Å². The topological polar surface area (TPSA) is 87.5 Å². The first kappa shape index (κ1) is 20.1. The lowest BCUT2D eigenvalue weighted by molar-refractivity contribution is -0.134. The van der Waals surface area contributed by atoms with Gasteiger partial charge in [-0.25, -0.2) is 4.68 Å². The van der Waals surface area contributed by atoms with Crippen molar-refractivity contribution in [2.24, 2.45) is 0 Å². The van der Waals surface area contributed by atoms with E-state index in [1.165, 1.54) is 0 Å². The van der Waals surface area contributed by atoms with Crippen LogP contribution in [0.15, 0.2) is 30.3 Å². The Labute approximate surface area is 165 Å². The largest absolute Gasteiger partial charge is 0.396 e. The fourth-order valence-electron chi connectivity index (χ4n) is 3.61. The van der Waals surface area contributed by atoms with Crippen LogP contribution in [0.25, 0.3) is 5.69 Å². The third-order valence-electron chi connectivity index (χ3n) is 5.07. The maximum atomic E-state index is 12.7. The Kier molecular flexibility index (Phi) is 6.46. The van der Waals surface area contributed by atoms with Crippen molar-refractivity contribution in [1.82, 2.24) is 20.0 Å². The van der Waals surface area contributed by atoms with Gasteiger partial charge in [-0.3, -0.25) is 9.59 Å². The van der Waals surface area contributed by atoms with Gasteiger partial charge in [-0.05, 0) is 69.9 Å². The predicted molar refractivity (Wildman–Crippen MR) is 106 cm³/mol. The monoisotopic (exact) mass is 384 g/mol. The minimum Gasteiger partial charge on any atom is -0.396 e. The van der Waals surface area contributed by atoms with Crippen molar-refractivity contribution in [2.75, 3.05) is 19.7 Å². The Morgan fingerprint density at radius 2 is 1.82 bits per heavy atom. The summed E-state index contributed by atoms with van der Waals surface area (Å²) in [5.41, 5.74) is 3.30. The Balaban J connectivity index is 1.69. The van der Waals surface area contributed by atoms with E-state index in [1.807, 2.05) is 36.7 Å². The van der Waals surface area contributed by atoms with E-state index in [0.29, 0.717) is 18.7 Å². The zero-order valence-corrected chi connectivity index (χ0v) is 16.5. The zero-order chi connectivity index (χ0) is 20.1. The minimum atomic E-state index is -0.703. The highest BCUT2D eigenvalue weighted by Crippen LogP contribution is 2.14. The van der Waals surface area contributed by atoms with Gasteiger partial charge in [-0.1, -0.05) is 0 Å². The van der Waals surface area contributed by atoms with Crippen molar-refractivity contribution in [2.45, 2.75) is 45.6 Å². The molecule has 0 saturated carbocycles. The number of aliphatic hydroxyl groups is 1. The lowest BCUT2D eigenvalue weighted by Crippen LogP contribution is -2.50. The van der Waals surface area contributed by atoms with E-state index >= 15 is 0 Å². The Morgan fingerprint density at radius 3 is 2.39 bits per heavy atom. The molecule has 1 atom stereocenters. The van der Waals surface area contributed by atoms with Gasteiger partial charge in [-0.2, -0.15) is 5.10 Å². The molecule has 7 heteroatoms. The first-order valence-electron chi connectivity index (χ1n) is 9.84. The van der Waals surface area contributed by atoms with Crippen molar-refractivity contribution >= 4 is 11.8 Å². The number of carbonyl (C=O) groups is 2. The first-order valence-corrected chi connectivity index (χ1v) is 9.84. The molecule has 2 N–H and O–H groups in total. The van der Waals surface area contributed by atoms with Crippen LogP contribution in [0.2, 0.25) is 0 Å². The molecule has 2 aromatic rings. The number of nitrogens with zero attached hydrogens (tertiary/aromatic N) is 3. The number of aryl methyl sites for hydroxylation is 2. The van der Waals surface area contributed by atoms with Crippen LogP contribution in [0, 0.1) is 13.8 Å². The van der Waals surface area contributed by atoms with Crippen LogP contribution in [-0.4, -0.2) is 57.3 Å². The fraction of sp³-hybridized carbons (Fsp3) is 0.476. The number of benzene rings is 1. The van der Waals surface area contributed by atoms with Gasteiger partial charge >= 0.3 is 0 Å². The van der Waals surface area contributed by atoms with Gasteiger partial charge in [-0.15, -0.1) is 0 Å². The predicted octanol–water partition coefficient (Wildman–Crippen LogP) is 1.98. The summed E-state index contributed by atoms with van der Waals surface area (Å²) in [5.74, 6) is -0.426. The molecule has 1 saturated heterocycles. The maximum Gasteiger partial charge on any atom is 0.251 e. The van der Waals surface area contributed by atoms with Crippen molar-refractivity contribution in [1.29, 1.82) is 0 Å². The van der Waals surface area contributed by atoms with Crippen molar-refractivity contribution in [3.05, 3.63) is 47.3 Å². The van der Waals surface area contributed by atoms with Gasteiger partial charge in [0.1, 0.15) is 6.04 Å². The van der Waals surface area contributed by atoms with Crippen LogP contribution in [0.3, 0.4) is 0 Å². The third kappa shape index (κ3) is 4.59. The van der Waals surface area contributed by atoms with Crippen molar-refractivity contribution < 1.29 is 14.7 Å². The highest BCUT2D eigenvalue weighted by Gasteiger charge is 2.26. The van der Waals surface area contributed by atoms with Gasteiger partial charge in [0, 0.05) is 31.0 Å². The Morgan fingerprint density at radius 1 is 1.14 bits per heavy atom. The molecule has 1 aromatic carbocycles. The molecule has 0 aliphatic carbocycles. The number of aliphatic hydroxyl groups excluding tert-OH is 1. The summed E-state index contributed by atoms with van der Waals surface area (Å²) in [6.45, 7) is 5.20. The van der Waals surface area contributed by atoms with E-state index in [0.717, 1.165) is 36.3 Å². The van der Waals surface area contributed by atoms with E-state index in [2.05, 4.69) is 10.4 Å². The average Bonchev–Trinajstić information content (AvgIpc) is 3.05. The van der Waals surface area contributed by atoms with Crippen LogP contribution < -0.4 is 5.32 Å². The molecule has 1 aromatic heterocycles. The van der Waals surface area contributed by atoms with Gasteiger partial charge in [0.25, 0.3) is 5.91 Å². The van der Waals surface area contributed by atoms with Crippen LogP contribution in [-0.2, 0) is 4.79 Å². The van der Waals surface area contributed by atoms with Crippen molar-refractivity contribution in [3.63, 3.8) is 0 Å². The molecular formula is C21H28N4O3. The fourth-order valence-corrected chi connectivity index (χ4v) is 3.61. The van der Waals surface area contributed by atoms with Crippen LogP contribution in [0.5, 0.6) is 0 Å². The van der Waals surface area contributed by atoms with Gasteiger partial charge in [0.05, 0.1) is 11.4 Å². The first-order chi connectivity index (χ1) is 13.5. The molecule has 3 rings (SSSR count). The Bertz CT molecular complexity index is 823. The SMILES string of the molecule is Cc1cc(C)n(-c2ccc(C(=O)N[C@@H](CCO)C(=O)N3CCCCC3)cc2)n1. The summed E-state index contributed by atoms with van der Waals surface area (Å²) in [6.07, 6.45) is 3.31. The quantitative estimate of drug-likeness (QED) is 0.797. The minimum absolute atomic E-state index is 0.110. The third-order valence-corrected chi connectivity index (χ3v) is 5.07. The number of hydrogen-bond donors (Lipinski definition) is 2. The molecular weight excluding hydrogens is 356 g/mol. The molecule has 0 bridgehead atoms. The lowest BCUT2D eigenvalue weighted by Gasteiger charge is -2.30. The number of nitrogens with one attached hydrogen (secondary N) is 1. The van der Waals surface area contributed by atoms with Crippen molar-refractivity contribution in [3.8, 4) is 5.69 Å². The van der Waals surface area contributed by atoms with Crippen LogP contribution in [0.4, 0.5) is 0 Å². The summed E-state index contributed by atoms with van der Waals surface area (Å²) in [7, 11) is 0. The summed E-state index contributed by atoms with van der Waals surface area (Å²) in [6, 6.07) is 8.41. The Hall–Kier alpha value is -2.67. The standard InChI is InChI=1S/C21H28N4O3/c1-15-14-16(2)25(23-15)18-8-6-17(7-9-18)20(27)22-19(10-13-26)21(28)24-11-4-3-5-12-24/h6-9,14,19,26H,3-5,10-13H2,1-2H3,(H,22,27)/t19-/m0/s1. The molecule has 150 valence electrons. The van der Waals surface area contributed by atoms with Crippen LogP contribution >= 0.6 is 0 Å². The molecule has 2 heterocycles. The molecule has 1 aliphatic heterocycles. The average molecular weight is 384 g/mol. The van der Waals surface area contributed by atoms with Gasteiger partial charge in [0.2, 0.25) is 5.91 Å². The second-order valence-corrected chi connectivity index (χ2v) is 7.31. The highest BCUT2D eigenvalue weighted by atomic mass is 16.3. The van der Waals surface area contributed by atoms with Gasteiger partial charge in [0.15, 0.2) is 0 Å². The summed E-state index contributed by atoms with van der Waals surface area (Å²) in [5, 5.41) is 16.6. The van der Waals surface area contributed by atoms with Crippen LogP contribution in [0.1, 0.15) is 47.4 Å². The maximum absolute atomic E-state index is 12.7. The number of carbonyl (C=O) groups excluding carboxylic acids is 2. The molecule has 7 nitrogen and oxygen atoms in total. The summed E-state index contributed by atoms with van der Waals surface area (Å²) in [4.78, 5) is 27.2. The number of amides is 2. The van der Waals surface area contributed by atoms with E-state index in [4.69, 9.17) is 0 Å². The normalized spacial score (nSPS) is 15.3. The van der Waals surface area contributed by atoms with E-state index in [1.54, 1.807) is 17.0 Å². The summed E-state index contributed by atoms with van der Waals surface area (Å²) < 4.78 is 1.82. The lowest BCUT2D eigenvalue weighted by atomic mass is 10.1. The molecule has 28 heavy (non-hydrogen) atoms. The van der Waals surface area contributed by atoms with Gasteiger partial charge < -0.3 is 15.3 Å². The molecule has 0 spiro atoms. The number of likely N-dealkylation sites (tertiary alicyclic amines) is 1. The highest BCUT2D eigenvalue weighted by molar-refractivity contribution is 5.97. The van der Waals surface area contributed by atoms with E-state index in [9.17, 15) is 14.7 Å². The smallest absolute Gasteiger partial charge is 0.251 e. The number of aromatic nitrogens is 2. The number of rotatable bonds is 6. The van der Waals surface area contributed by atoms with E-state index in [-0.39, 0.29) is 24.8 Å². The number of hydrogen-bond acceptors (Lipinski definition) is 4. The molecule has 1 aliphatic rings. The molecule has 0 unspecified atom stereocenters. The summed E-state index contributed by atoms with van der Waals surface area (Å²) >= 11 is 0. The zero-order valence-electron chi connectivity index (χ0n) is 16.5. The number of piperidine rings is 1. The molecule has 0 radical (unpaired) electrons.